The topological polar surface area (TPSA) is 56.1 Å². The third kappa shape index (κ3) is 3.20. The number of ether oxygens (including phenoxy) is 1. The number of carbonyl (C=O) groups excluding carboxylic acids is 1. The molecule has 1 aromatic heterocycles. The molecule has 0 fully saturated rings. The molecule has 0 atom stereocenters. The van der Waals surface area contributed by atoms with Crippen molar-refractivity contribution in [1.29, 1.82) is 0 Å². The SMILES string of the molecule is COc1ccc(C(=O)Nc2c(C3=CCCCC3)c(C)nn2C)cc1. The Morgan fingerprint density at radius 3 is 2.62 bits per heavy atom. The van der Waals surface area contributed by atoms with Crippen LogP contribution in [0.3, 0.4) is 0 Å². The Hall–Kier alpha value is -2.56. The molecule has 0 aliphatic heterocycles. The van der Waals surface area contributed by atoms with Gasteiger partial charge in [-0.15, -0.1) is 0 Å². The highest BCUT2D eigenvalue weighted by Gasteiger charge is 2.20. The van der Waals surface area contributed by atoms with Crippen molar-refractivity contribution >= 4 is 17.3 Å². The van der Waals surface area contributed by atoms with Gasteiger partial charge in [0.05, 0.1) is 12.8 Å². The van der Waals surface area contributed by atoms with Crippen molar-refractivity contribution < 1.29 is 9.53 Å². The molecule has 126 valence electrons. The smallest absolute Gasteiger partial charge is 0.256 e. The molecule has 2 aromatic rings. The maximum Gasteiger partial charge on any atom is 0.256 e. The molecule has 0 radical (unpaired) electrons. The number of methoxy groups -OCH3 is 1. The molecule has 24 heavy (non-hydrogen) atoms. The quantitative estimate of drug-likeness (QED) is 0.926. The molecule has 0 spiro atoms. The molecule has 5 nitrogen and oxygen atoms in total. The van der Waals surface area contributed by atoms with Crippen molar-refractivity contribution in [3.8, 4) is 5.75 Å². The van der Waals surface area contributed by atoms with Crippen molar-refractivity contribution in [1.82, 2.24) is 9.78 Å². The molecule has 0 saturated carbocycles. The molecule has 1 aliphatic carbocycles. The molecule has 1 amide bonds. The Balaban J connectivity index is 1.89. The first-order valence-electron chi connectivity index (χ1n) is 8.28. The van der Waals surface area contributed by atoms with Crippen LogP contribution < -0.4 is 10.1 Å². The lowest BCUT2D eigenvalue weighted by molar-refractivity contribution is 0.102. The van der Waals surface area contributed by atoms with Crippen LogP contribution in [-0.2, 0) is 7.05 Å². The first kappa shape index (κ1) is 16.3. The number of nitrogens with zero attached hydrogens (tertiary/aromatic N) is 2. The van der Waals surface area contributed by atoms with E-state index in [9.17, 15) is 4.79 Å². The molecule has 1 aliphatic rings. The number of rotatable bonds is 4. The van der Waals surface area contributed by atoms with Gasteiger partial charge in [0.25, 0.3) is 5.91 Å². The molecule has 0 bridgehead atoms. The average Bonchev–Trinajstić information content (AvgIpc) is 2.89. The van der Waals surface area contributed by atoms with Crippen LogP contribution in [0.4, 0.5) is 5.82 Å². The summed E-state index contributed by atoms with van der Waals surface area (Å²) in [5.41, 5.74) is 3.91. The summed E-state index contributed by atoms with van der Waals surface area (Å²) >= 11 is 0. The summed E-state index contributed by atoms with van der Waals surface area (Å²) in [4.78, 5) is 12.6. The van der Waals surface area contributed by atoms with E-state index in [1.807, 2.05) is 14.0 Å². The Labute approximate surface area is 142 Å². The number of anilines is 1. The van der Waals surface area contributed by atoms with Crippen molar-refractivity contribution in [3.05, 3.63) is 47.2 Å². The van der Waals surface area contributed by atoms with E-state index in [4.69, 9.17) is 4.74 Å². The summed E-state index contributed by atoms with van der Waals surface area (Å²) in [6, 6.07) is 7.09. The van der Waals surface area contributed by atoms with Gasteiger partial charge < -0.3 is 10.1 Å². The average molecular weight is 325 g/mol. The van der Waals surface area contributed by atoms with Crippen molar-refractivity contribution in [2.75, 3.05) is 12.4 Å². The van der Waals surface area contributed by atoms with Gasteiger partial charge in [-0.05, 0) is 62.4 Å². The van der Waals surface area contributed by atoms with Gasteiger partial charge in [-0.1, -0.05) is 6.08 Å². The van der Waals surface area contributed by atoms with Crippen LogP contribution in [0.2, 0.25) is 0 Å². The van der Waals surface area contributed by atoms with E-state index < -0.39 is 0 Å². The number of carbonyl (C=O) groups is 1. The predicted molar refractivity (Wildman–Crippen MR) is 95.3 cm³/mol. The van der Waals surface area contributed by atoms with E-state index in [0.29, 0.717) is 5.56 Å². The van der Waals surface area contributed by atoms with Crippen LogP contribution in [0.5, 0.6) is 5.75 Å². The van der Waals surface area contributed by atoms with Crippen LogP contribution in [-0.4, -0.2) is 22.8 Å². The second-order valence-corrected chi connectivity index (χ2v) is 6.09. The fourth-order valence-corrected chi connectivity index (χ4v) is 3.17. The summed E-state index contributed by atoms with van der Waals surface area (Å²) < 4.78 is 6.89. The van der Waals surface area contributed by atoms with Crippen LogP contribution in [0.25, 0.3) is 5.57 Å². The number of benzene rings is 1. The molecule has 1 N–H and O–H groups in total. The molecular weight excluding hydrogens is 302 g/mol. The number of allylic oxidation sites excluding steroid dienone is 2. The third-order valence-electron chi connectivity index (χ3n) is 4.42. The van der Waals surface area contributed by atoms with Crippen LogP contribution in [0.1, 0.15) is 47.3 Å². The second kappa shape index (κ2) is 6.91. The van der Waals surface area contributed by atoms with Crippen LogP contribution >= 0.6 is 0 Å². The minimum absolute atomic E-state index is 0.140. The van der Waals surface area contributed by atoms with Crippen LogP contribution in [0.15, 0.2) is 30.3 Å². The van der Waals surface area contributed by atoms with E-state index in [1.54, 1.807) is 36.1 Å². The summed E-state index contributed by atoms with van der Waals surface area (Å²) in [5.74, 6) is 1.36. The largest absolute Gasteiger partial charge is 0.497 e. The lowest BCUT2D eigenvalue weighted by Crippen LogP contribution is -2.15. The van der Waals surface area contributed by atoms with Crippen LogP contribution in [0, 0.1) is 6.92 Å². The zero-order chi connectivity index (χ0) is 17.1. The summed E-state index contributed by atoms with van der Waals surface area (Å²) in [6.45, 7) is 1.99. The Morgan fingerprint density at radius 2 is 2.00 bits per heavy atom. The normalized spacial score (nSPS) is 14.2. The summed E-state index contributed by atoms with van der Waals surface area (Å²) in [5, 5.41) is 7.53. The first-order valence-corrected chi connectivity index (χ1v) is 8.28. The Bertz CT molecular complexity index is 773. The number of hydrogen-bond donors (Lipinski definition) is 1. The molecule has 3 rings (SSSR count). The fraction of sp³-hybridized carbons (Fsp3) is 0.368. The van der Waals surface area contributed by atoms with E-state index >= 15 is 0 Å². The van der Waals surface area contributed by atoms with Gasteiger partial charge in [0.2, 0.25) is 0 Å². The lowest BCUT2D eigenvalue weighted by atomic mass is 9.93. The second-order valence-electron chi connectivity index (χ2n) is 6.09. The summed E-state index contributed by atoms with van der Waals surface area (Å²) in [7, 11) is 3.47. The zero-order valence-corrected chi connectivity index (χ0v) is 14.4. The third-order valence-corrected chi connectivity index (χ3v) is 4.42. The number of hydrogen-bond acceptors (Lipinski definition) is 3. The highest BCUT2D eigenvalue weighted by atomic mass is 16.5. The summed E-state index contributed by atoms with van der Waals surface area (Å²) in [6.07, 6.45) is 6.83. The Kier molecular flexibility index (Phi) is 4.69. The van der Waals surface area contributed by atoms with Crippen molar-refractivity contribution in [3.63, 3.8) is 0 Å². The molecule has 0 saturated heterocycles. The lowest BCUT2D eigenvalue weighted by Gasteiger charge is -2.15. The first-order chi connectivity index (χ1) is 11.6. The van der Waals surface area contributed by atoms with E-state index in [2.05, 4.69) is 16.5 Å². The monoisotopic (exact) mass is 325 g/mol. The van der Waals surface area contributed by atoms with E-state index in [-0.39, 0.29) is 5.91 Å². The predicted octanol–water partition coefficient (Wildman–Crippen LogP) is 3.95. The highest BCUT2D eigenvalue weighted by Crippen LogP contribution is 2.34. The minimum Gasteiger partial charge on any atom is -0.497 e. The number of aromatic nitrogens is 2. The number of amides is 1. The van der Waals surface area contributed by atoms with Gasteiger partial charge in [0.15, 0.2) is 0 Å². The number of nitrogens with one attached hydrogen (secondary N) is 1. The van der Waals surface area contributed by atoms with Crippen molar-refractivity contribution in [2.45, 2.75) is 32.6 Å². The molecule has 5 heteroatoms. The molecular formula is C19H23N3O2. The zero-order valence-electron chi connectivity index (χ0n) is 14.4. The van der Waals surface area contributed by atoms with Gasteiger partial charge in [0.1, 0.15) is 11.6 Å². The molecule has 0 unspecified atom stereocenters. The van der Waals surface area contributed by atoms with Gasteiger partial charge in [-0.3, -0.25) is 9.48 Å². The maximum absolute atomic E-state index is 12.6. The number of aryl methyl sites for hydroxylation is 2. The van der Waals surface area contributed by atoms with E-state index in [0.717, 1.165) is 35.7 Å². The fourth-order valence-electron chi connectivity index (χ4n) is 3.17. The Morgan fingerprint density at radius 1 is 1.25 bits per heavy atom. The minimum atomic E-state index is -0.140. The standard InChI is InChI=1S/C19H23N3O2/c1-13-17(14-7-5-4-6-8-14)18(22(2)21-13)20-19(23)15-9-11-16(24-3)12-10-15/h7,9-12H,4-6,8H2,1-3H3,(H,20,23). The van der Waals surface area contributed by atoms with Gasteiger partial charge in [-0.25, -0.2) is 0 Å². The van der Waals surface area contributed by atoms with Gasteiger partial charge >= 0.3 is 0 Å². The van der Waals surface area contributed by atoms with E-state index in [1.165, 1.54) is 18.4 Å². The maximum atomic E-state index is 12.6. The molecule has 1 heterocycles. The molecule has 1 aromatic carbocycles. The van der Waals surface area contributed by atoms with Crippen molar-refractivity contribution in [2.24, 2.45) is 7.05 Å². The van der Waals surface area contributed by atoms with Gasteiger partial charge in [0, 0.05) is 18.2 Å². The van der Waals surface area contributed by atoms with Gasteiger partial charge in [-0.2, -0.15) is 5.10 Å². The highest BCUT2D eigenvalue weighted by molar-refractivity contribution is 6.05.